The Morgan fingerprint density at radius 3 is 2.44 bits per heavy atom. The Morgan fingerprint density at radius 2 is 1.81 bits per heavy atom. The summed E-state index contributed by atoms with van der Waals surface area (Å²) in [5, 5.41) is 0.694. The lowest BCUT2D eigenvalue weighted by Gasteiger charge is -2.30. The number of carbonyl (C=O) groups excluding carboxylic acids is 1. The minimum absolute atomic E-state index is 0.0212. The van der Waals surface area contributed by atoms with E-state index in [0.717, 1.165) is 11.1 Å². The van der Waals surface area contributed by atoms with Crippen molar-refractivity contribution in [2.45, 2.75) is 38.3 Å². The summed E-state index contributed by atoms with van der Waals surface area (Å²) in [7, 11) is -3.24. The van der Waals surface area contributed by atoms with Gasteiger partial charge in [-0.1, -0.05) is 49.7 Å². The van der Waals surface area contributed by atoms with Crippen molar-refractivity contribution in [3.63, 3.8) is 0 Å². The lowest BCUT2D eigenvalue weighted by molar-refractivity contribution is 0.0662. The summed E-state index contributed by atoms with van der Waals surface area (Å²) in [6, 6.07) is 11.2. The average Bonchev–Trinajstić information content (AvgIpc) is 3.25. The molecule has 0 bridgehead atoms. The summed E-state index contributed by atoms with van der Waals surface area (Å²) in [6.07, 6.45) is 0.335. The first-order valence-electron chi connectivity index (χ1n) is 10.6. The highest BCUT2D eigenvalue weighted by Gasteiger charge is 2.48. The van der Waals surface area contributed by atoms with Gasteiger partial charge in [0.25, 0.3) is 5.91 Å². The second-order valence-corrected chi connectivity index (χ2v) is 11.5. The Balaban J connectivity index is 1.73. The Hall–Kier alpha value is -2.64. The maximum absolute atomic E-state index is 13.5. The third kappa shape index (κ3) is 3.35. The molecule has 2 aromatic carbocycles. The molecule has 0 spiro atoms. The molecule has 1 aromatic heterocycles. The standard InChI is InChI=1S/C24H22ClNO5S/c1-13(2)14-3-5-15(6-4-14)21-20-22(27)18-11-16(25)7-8-19(18)31-23(20)24(28)26(21)17-9-10-32(29,30)12-17/h3-8,11,13,17,21H,9-10,12H2,1-2H3. The van der Waals surface area contributed by atoms with Gasteiger partial charge in [-0.25, -0.2) is 8.42 Å². The maximum Gasteiger partial charge on any atom is 0.291 e. The predicted molar refractivity (Wildman–Crippen MR) is 123 cm³/mol. The van der Waals surface area contributed by atoms with Crippen LogP contribution in [0.25, 0.3) is 11.0 Å². The first-order chi connectivity index (χ1) is 15.2. The zero-order chi connectivity index (χ0) is 22.8. The molecule has 3 aromatic rings. The SMILES string of the molecule is CC(C)c1ccc(C2c3c(oc4ccc(Cl)cc4c3=O)C(=O)N2C2CCS(=O)(=O)C2)cc1. The number of amides is 1. The zero-order valence-electron chi connectivity index (χ0n) is 17.7. The van der Waals surface area contributed by atoms with Crippen molar-refractivity contribution >= 4 is 38.3 Å². The minimum atomic E-state index is -3.24. The molecule has 0 aliphatic carbocycles. The highest BCUT2D eigenvalue weighted by atomic mass is 35.5. The number of fused-ring (bicyclic) bond motifs is 2. The van der Waals surface area contributed by atoms with Gasteiger partial charge in [0.15, 0.2) is 15.3 Å². The van der Waals surface area contributed by atoms with E-state index in [1.807, 2.05) is 24.3 Å². The van der Waals surface area contributed by atoms with Crippen molar-refractivity contribution in [2.24, 2.45) is 0 Å². The summed E-state index contributed by atoms with van der Waals surface area (Å²) < 4.78 is 30.3. The molecule has 6 nitrogen and oxygen atoms in total. The fourth-order valence-electron chi connectivity index (χ4n) is 4.72. The third-order valence-corrected chi connectivity index (χ3v) is 8.37. The number of rotatable bonds is 3. The molecule has 0 N–H and O–H groups in total. The predicted octanol–water partition coefficient (Wildman–Crippen LogP) is 4.30. The molecule has 2 unspecified atom stereocenters. The van der Waals surface area contributed by atoms with Crippen LogP contribution in [0.5, 0.6) is 0 Å². The molecule has 5 rings (SSSR count). The summed E-state index contributed by atoms with van der Waals surface area (Å²) in [5.74, 6) is -0.238. The Bertz CT molecular complexity index is 1410. The van der Waals surface area contributed by atoms with E-state index in [0.29, 0.717) is 22.7 Å². The Kier molecular flexibility index (Phi) is 4.94. The van der Waals surface area contributed by atoms with Crippen molar-refractivity contribution in [1.82, 2.24) is 4.90 Å². The van der Waals surface area contributed by atoms with Gasteiger partial charge in [0.1, 0.15) is 5.58 Å². The van der Waals surface area contributed by atoms with E-state index in [4.69, 9.17) is 16.0 Å². The highest BCUT2D eigenvalue weighted by molar-refractivity contribution is 7.91. The van der Waals surface area contributed by atoms with Crippen LogP contribution in [0.3, 0.4) is 0 Å². The molecule has 2 aliphatic heterocycles. The Labute approximate surface area is 190 Å². The van der Waals surface area contributed by atoms with Crippen LogP contribution in [0.15, 0.2) is 51.7 Å². The van der Waals surface area contributed by atoms with Gasteiger partial charge in [-0.2, -0.15) is 0 Å². The van der Waals surface area contributed by atoms with E-state index in [2.05, 4.69) is 13.8 Å². The molecule has 0 radical (unpaired) electrons. The molecule has 166 valence electrons. The molecule has 2 aliphatic rings. The van der Waals surface area contributed by atoms with Crippen molar-refractivity contribution in [3.05, 3.63) is 80.2 Å². The monoisotopic (exact) mass is 471 g/mol. The smallest absolute Gasteiger partial charge is 0.291 e. The molecule has 8 heteroatoms. The van der Waals surface area contributed by atoms with Crippen LogP contribution in [0, 0.1) is 0 Å². The molecule has 0 saturated carbocycles. The number of nitrogens with zero attached hydrogens (tertiary/aromatic N) is 1. The number of hydrogen-bond acceptors (Lipinski definition) is 5. The van der Waals surface area contributed by atoms with Crippen molar-refractivity contribution in [2.75, 3.05) is 11.5 Å². The van der Waals surface area contributed by atoms with Crippen molar-refractivity contribution in [1.29, 1.82) is 0 Å². The lowest BCUT2D eigenvalue weighted by Crippen LogP contribution is -2.40. The van der Waals surface area contributed by atoms with Crippen molar-refractivity contribution < 1.29 is 17.6 Å². The number of carbonyl (C=O) groups is 1. The van der Waals surface area contributed by atoms with E-state index >= 15 is 0 Å². The van der Waals surface area contributed by atoms with Gasteiger partial charge in [0, 0.05) is 11.1 Å². The van der Waals surface area contributed by atoms with Gasteiger partial charge >= 0.3 is 0 Å². The second-order valence-electron chi connectivity index (χ2n) is 8.81. The molecule has 1 saturated heterocycles. The quantitative estimate of drug-likeness (QED) is 0.568. The summed E-state index contributed by atoms with van der Waals surface area (Å²) in [4.78, 5) is 28.6. The summed E-state index contributed by atoms with van der Waals surface area (Å²) in [6.45, 7) is 4.17. The third-order valence-electron chi connectivity index (χ3n) is 6.39. The van der Waals surface area contributed by atoms with Crippen LogP contribution in [0.4, 0.5) is 0 Å². The van der Waals surface area contributed by atoms with E-state index in [9.17, 15) is 18.0 Å². The van der Waals surface area contributed by atoms with Gasteiger partial charge in [-0.15, -0.1) is 0 Å². The number of sulfone groups is 1. The van der Waals surface area contributed by atoms with Crippen LogP contribution >= 0.6 is 11.6 Å². The van der Waals surface area contributed by atoms with Gasteiger partial charge in [0.2, 0.25) is 5.76 Å². The summed E-state index contributed by atoms with van der Waals surface area (Å²) in [5.41, 5.74) is 2.08. The van der Waals surface area contributed by atoms with Gasteiger partial charge < -0.3 is 9.32 Å². The molecular formula is C24H22ClNO5S. The molecule has 1 fully saturated rings. The second kappa shape index (κ2) is 7.46. The van der Waals surface area contributed by atoms with Crippen LogP contribution in [0.2, 0.25) is 5.02 Å². The Morgan fingerprint density at radius 1 is 1.09 bits per heavy atom. The van der Waals surface area contributed by atoms with Crippen LogP contribution in [0.1, 0.15) is 59.5 Å². The number of benzene rings is 2. The van der Waals surface area contributed by atoms with E-state index in [1.54, 1.807) is 12.1 Å². The lowest BCUT2D eigenvalue weighted by atomic mass is 9.94. The van der Waals surface area contributed by atoms with E-state index < -0.39 is 27.8 Å². The fraction of sp³-hybridized carbons (Fsp3) is 0.333. The van der Waals surface area contributed by atoms with Crippen LogP contribution < -0.4 is 5.43 Å². The zero-order valence-corrected chi connectivity index (χ0v) is 19.2. The largest absolute Gasteiger partial charge is 0.450 e. The fourth-order valence-corrected chi connectivity index (χ4v) is 6.61. The summed E-state index contributed by atoms with van der Waals surface area (Å²) >= 11 is 6.11. The molecular weight excluding hydrogens is 450 g/mol. The topological polar surface area (TPSA) is 84.7 Å². The number of hydrogen-bond donors (Lipinski definition) is 0. The molecule has 32 heavy (non-hydrogen) atoms. The van der Waals surface area contributed by atoms with E-state index in [-0.39, 0.29) is 33.8 Å². The van der Waals surface area contributed by atoms with E-state index in [1.165, 1.54) is 11.0 Å². The van der Waals surface area contributed by atoms with Crippen LogP contribution in [-0.4, -0.2) is 36.8 Å². The van der Waals surface area contributed by atoms with Crippen LogP contribution in [-0.2, 0) is 9.84 Å². The highest BCUT2D eigenvalue weighted by Crippen LogP contribution is 2.41. The van der Waals surface area contributed by atoms with Crippen molar-refractivity contribution in [3.8, 4) is 0 Å². The molecule has 1 amide bonds. The molecule has 3 heterocycles. The maximum atomic E-state index is 13.5. The average molecular weight is 472 g/mol. The number of halogens is 1. The van der Waals surface area contributed by atoms with Gasteiger partial charge in [-0.05, 0) is 41.7 Å². The molecule has 2 atom stereocenters. The first-order valence-corrected chi connectivity index (χ1v) is 12.8. The minimum Gasteiger partial charge on any atom is -0.450 e. The van der Waals surface area contributed by atoms with Gasteiger partial charge in [0.05, 0.1) is 28.5 Å². The first kappa shape index (κ1) is 21.2. The van der Waals surface area contributed by atoms with Gasteiger partial charge in [-0.3, -0.25) is 9.59 Å². The normalized spacial score (nSPS) is 22.1.